The molecule has 2 aromatic carbocycles. The third-order valence-electron chi connectivity index (χ3n) is 4.50. The summed E-state index contributed by atoms with van der Waals surface area (Å²) in [4.78, 5) is 12.9. The van der Waals surface area contributed by atoms with Crippen LogP contribution in [0.4, 0.5) is 5.69 Å². The van der Waals surface area contributed by atoms with Crippen LogP contribution in [-0.4, -0.2) is 31.8 Å². The van der Waals surface area contributed by atoms with Crippen LogP contribution in [0.15, 0.2) is 36.4 Å². The highest BCUT2D eigenvalue weighted by Gasteiger charge is 2.20. The summed E-state index contributed by atoms with van der Waals surface area (Å²) in [5.74, 6) is 1.25. The van der Waals surface area contributed by atoms with Crippen LogP contribution in [0.5, 0.6) is 17.2 Å². The van der Waals surface area contributed by atoms with Gasteiger partial charge in [0.15, 0.2) is 11.5 Å². The average Bonchev–Trinajstić information content (AvgIpc) is 2.91. The summed E-state index contributed by atoms with van der Waals surface area (Å²) in [5, 5.41) is 3.99. The van der Waals surface area contributed by atoms with Crippen LogP contribution >= 0.6 is 0 Å². The number of aromatic nitrogens is 1. The van der Waals surface area contributed by atoms with E-state index in [4.69, 9.17) is 14.2 Å². The third kappa shape index (κ3) is 2.83. The summed E-state index contributed by atoms with van der Waals surface area (Å²) < 4.78 is 17.9. The number of anilines is 1. The van der Waals surface area contributed by atoms with Crippen molar-refractivity contribution in [2.24, 2.45) is 7.05 Å². The number of nitrogens with one attached hydrogen (secondary N) is 1. The number of rotatable bonds is 5. The Balaban J connectivity index is 2.01. The fourth-order valence-electron chi connectivity index (χ4n) is 3.25. The van der Waals surface area contributed by atoms with Crippen LogP contribution in [0.25, 0.3) is 10.9 Å². The number of aryl methyl sites for hydroxylation is 2. The fourth-order valence-corrected chi connectivity index (χ4v) is 3.25. The normalized spacial score (nSPS) is 10.7. The quantitative estimate of drug-likeness (QED) is 0.758. The van der Waals surface area contributed by atoms with Crippen molar-refractivity contribution >= 4 is 22.5 Å². The Hall–Kier alpha value is -3.15. The highest BCUT2D eigenvalue weighted by Crippen LogP contribution is 2.40. The molecule has 0 saturated heterocycles. The minimum atomic E-state index is -0.199. The summed E-state index contributed by atoms with van der Waals surface area (Å²) in [6.45, 7) is 1.95. The van der Waals surface area contributed by atoms with Gasteiger partial charge < -0.3 is 24.1 Å². The van der Waals surface area contributed by atoms with Crippen molar-refractivity contribution in [3.63, 3.8) is 0 Å². The third-order valence-corrected chi connectivity index (χ3v) is 4.50. The highest BCUT2D eigenvalue weighted by atomic mass is 16.5. The molecule has 0 atom stereocenters. The van der Waals surface area contributed by atoms with Crippen molar-refractivity contribution in [3.8, 4) is 17.2 Å². The number of benzene rings is 2. The van der Waals surface area contributed by atoms with E-state index in [-0.39, 0.29) is 5.91 Å². The van der Waals surface area contributed by atoms with E-state index in [1.54, 1.807) is 12.1 Å². The van der Waals surface area contributed by atoms with E-state index in [2.05, 4.69) is 5.32 Å². The average molecular weight is 354 g/mol. The van der Waals surface area contributed by atoms with Gasteiger partial charge in [0, 0.05) is 35.8 Å². The lowest BCUT2D eigenvalue weighted by atomic mass is 10.1. The van der Waals surface area contributed by atoms with Gasteiger partial charge in [-0.05, 0) is 18.6 Å². The Morgan fingerprint density at radius 3 is 2.15 bits per heavy atom. The van der Waals surface area contributed by atoms with Gasteiger partial charge in [0.2, 0.25) is 5.75 Å². The first kappa shape index (κ1) is 17.7. The molecule has 3 rings (SSSR count). The summed E-state index contributed by atoms with van der Waals surface area (Å²) in [5.41, 5.74) is 3.13. The van der Waals surface area contributed by atoms with E-state index in [1.165, 1.54) is 21.3 Å². The molecule has 0 radical (unpaired) electrons. The summed E-state index contributed by atoms with van der Waals surface area (Å²) in [6, 6.07) is 11.4. The molecule has 6 nitrogen and oxygen atoms in total. The lowest BCUT2D eigenvalue weighted by Crippen LogP contribution is -2.17. The fraction of sp³-hybridized carbons (Fsp3) is 0.250. The van der Waals surface area contributed by atoms with Gasteiger partial charge in [-0.15, -0.1) is 0 Å². The number of ether oxygens (including phenoxy) is 3. The van der Waals surface area contributed by atoms with E-state index in [1.807, 2.05) is 42.8 Å². The molecular formula is C20H22N2O4. The molecule has 0 fully saturated rings. The van der Waals surface area contributed by atoms with Gasteiger partial charge in [0.1, 0.15) is 5.69 Å². The van der Waals surface area contributed by atoms with Crippen molar-refractivity contribution in [1.29, 1.82) is 0 Å². The predicted molar refractivity (Wildman–Crippen MR) is 102 cm³/mol. The maximum absolute atomic E-state index is 12.9. The number of amides is 1. The van der Waals surface area contributed by atoms with Gasteiger partial charge in [-0.3, -0.25) is 4.79 Å². The van der Waals surface area contributed by atoms with Crippen molar-refractivity contribution in [1.82, 2.24) is 4.57 Å². The lowest BCUT2D eigenvalue weighted by molar-refractivity contribution is 0.101. The largest absolute Gasteiger partial charge is 0.493 e. The van der Waals surface area contributed by atoms with E-state index in [9.17, 15) is 4.79 Å². The summed E-state index contributed by atoms with van der Waals surface area (Å²) in [6.07, 6.45) is 0. The first-order valence-corrected chi connectivity index (χ1v) is 8.17. The molecular weight excluding hydrogens is 332 g/mol. The molecule has 26 heavy (non-hydrogen) atoms. The second-order valence-electron chi connectivity index (χ2n) is 5.92. The second-order valence-corrected chi connectivity index (χ2v) is 5.92. The Labute approximate surface area is 152 Å². The maximum atomic E-state index is 12.9. The van der Waals surface area contributed by atoms with Gasteiger partial charge in [0.25, 0.3) is 5.91 Å². The Morgan fingerprint density at radius 1 is 1.00 bits per heavy atom. The zero-order chi connectivity index (χ0) is 18.8. The summed E-state index contributed by atoms with van der Waals surface area (Å²) >= 11 is 0. The van der Waals surface area contributed by atoms with E-state index in [0.717, 1.165) is 16.5 Å². The first-order valence-electron chi connectivity index (χ1n) is 8.17. The van der Waals surface area contributed by atoms with E-state index >= 15 is 0 Å². The van der Waals surface area contributed by atoms with Crippen molar-refractivity contribution in [3.05, 3.63) is 47.7 Å². The molecule has 0 aliphatic carbocycles. The lowest BCUT2D eigenvalue weighted by Gasteiger charge is -2.15. The van der Waals surface area contributed by atoms with Crippen LogP contribution in [-0.2, 0) is 7.05 Å². The molecule has 0 aliphatic rings. The molecule has 1 amide bonds. The number of hydrogen-bond donors (Lipinski definition) is 1. The molecule has 3 aromatic rings. The minimum Gasteiger partial charge on any atom is -0.493 e. The predicted octanol–water partition coefficient (Wildman–Crippen LogP) is 3.76. The smallest absolute Gasteiger partial charge is 0.272 e. The number of fused-ring (bicyclic) bond motifs is 1. The molecule has 0 spiro atoms. The number of methoxy groups -OCH3 is 3. The van der Waals surface area contributed by atoms with Gasteiger partial charge >= 0.3 is 0 Å². The van der Waals surface area contributed by atoms with Gasteiger partial charge in [-0.1, -0.05) is 18.2 Å². The number of carbonyl (C=O) groups is 1. The van der Waals surface area contributed by atoms with Gasteiger partial charge in [-0.25, -0.2) is 0 Å². The molecule has 136 valence electrons. The molecule has 0 aliphatic heterocycles. The summed E-state index contributed by atoms with van der Waals surface area (Å²) in [7, 11) is 6.50. The van der Waals surface area contributed by atoms with Crippen LogP contribution < -0.4 is 19.5 Å². The minimum absolute atomic E-state index is 0.199. The zero-order valence-corrected chi connectivity index (χ0v) is 15.5. The number of carbonyl (C=O) groups excluding carboxylic acids is 1. The molecule has 1 aromatic heterocycles. The standard InChI is InChI=1S/C20H22N2O4/c1-12-14-8-6-7-9-15(14)22(2)18(12)20(23)21-13-10-16(24-3)19(26-5)17(11-13)25-4/h6-11H,1-5H3,(H,21,23). The molecule has 0 unspecified atom stereocenters. The Morgan fingerprint density at radius 2 is 1.62 bits per heavy atom. The molecule has 1 heterocycles. The number of hydrogen-bond acceptors (Lipinski definition) is 4. The Kier molecular flexibility index (Phi) is 4.75. The maximum Gasteiger partial charge on any atom is 0.272 e. The SMILES string of the molecule is COc1cc(NC(=O)c2c(C)c3ccccc3n2C)cc(OC)c1OC. The van der Waals surface area contributed by atoms with E-state index in [0.29, 0.717) is 28.6 Å². The molecule has 6 heteroatoms. The van der Waals surface area contributed by atoms with Crippen LogP contribution in [0.1, 0.15) is 16.1 Å². The molecule has 1 N–H and O–H groups in total. The first-order chi connectivity index (χ1) is 12.5. The molecule has 0 saturated carbocycles. The van der Waals surface area contributed by atoms with Crippen LogP contribution in [0.3, 0.4) is 0 Å². The van der Waals surface area contributed by atoms with Crippen LogP contribution in [0, 0.1) is 6.92 Å². The Bertz CT molecular complexity index is 911. The van der Waals surface area contributed by atoms with Crippen molar-refractivity contribution < 1.29 is 19.0 Å². The second kappa shape index (κ2) is 7.00. The number of nitrogens with zero attached hydrogens (tertiary/aromatic N) is 1. The van der Waals surface area contributed by atoms with Crippen molar-refractivity contribution in [2.45, 2.75) is 6.92 Å². The van der Waals surface area contributed by atoms with Gasteiger partial charge in [0.05, 0.1) is 21.3 Å². The zero-order valence-electron chi connectivity index (χ0n) is 15.5. The highest BCUT2D eigenvalue weighted by molar-refractivity contribution is 6.08. The monoisotopic (exact) mass is 354 g/mol. The topological polar surface area (TPSA) is 61.7 Å². The van der Waals surface area contributed by atoms with Crippen molar-refractivity contribution in [2.75, 3.05) is 26.6 Å². The number of para-hydroxylation sites is 1. The van der Waals surface area contributed by atoms with E-state index < -0.39 is 0 Å². The van der Waals surface area contributed by atoms with Crippen LogP contribution in [0.2, 0.25) is 0 Å². The van der Waals surface area contributed by atoms with Gasteiger partial charge in [-0.2, -0.15) is 0 Å². The molecule has 0 bridgehead atoms.